The van der Waals surface area contributed by atoms with Crippen molar-refractivity contribution >= 4 is 5.97 Å². The molecule has 0 saturated carbocycles. The van der Waals surface area contributed by atoms with Gasteiger partial charge in [0.2, 0.25) is 5.82 Å². The minimum Gasteiger partial charge on any atom is -0.460 e. The quantitative estimate of drug-likeness (QED) is 0.729. The van der Waals surface area contributed by atoms with E-state index in [4.69, 9.17) is 4.74 Å². The number of esters is 1. The predicted octanol–water partition coefficient (Wildman–Crippen LogP) is 1.35. The van der Waals surface area contributed by atoms with Crippen LogP contribution in [0, 0.1) is 12.3 Å². The van der Waals surface area contributed by atoms with Crippen LogP contribution in [0.2, 0.25) is 0 Å². The fraction of sp³-hybridized carbons (Fsp3) is 0.769. The molecule has 0 unspecified atom stereocenters. The second kappa shape index (κ2) is 6.14. The van der Waals surface area contributed by atoms with Crippen LogP contribution in [0.4, 0.5) is 0 Å². The number of hydrogen-bond acceptors (Lipinski definition) is 5. The predicted molar refractivity (Wildman–Crippen MR) is 73.1 cm³/mol. The molecule has 1 rings (SSSR count). The summed E-state index contributed by atoms with van der Waals surface area (Å²) in [4.78, 5) is 14.0. The third kappa shape index (κ3) is 4.31. The fourth-order valence-electron chi connectivity index (χ4n) is 2.25. The lowest BCUT2D eigenvalue weighted by atomic mass is 9.92. The molecule has 6 nitrogen and oxygen atoms in total. The second-order valence-corrected chi connectivity index (χ2v) is 5.78. The van der Waals surface area contributed by atoms with E-state index in [1.54, 1.807) is 6.92 Å². The van der Waals surface area contributed by atoms with Crippen molar-refractivity contribution < 1.29 is 9.53 Å². The summed E-state index contributed by atoms with van der Waals surface area (Å²) < 4.78 is 6.84. The number of ether oxygens (including phenoxy) is 1. The minimum absolute atomic E-state index is 0.0118. The Kier molecular flexibility index (Phi) is 5.05. The molecule has 1 aromatic heterocycles. The zero-order chi connectivity index (χ0) is 14.6. The van der Waals surface area contributed by atoms with Crippen LogP contribution in [0.3, 0.4) is 0 Å². The molecule has 0 aliphatic carbocycles. The molecule has 0 aromatic carbocycles. The van der Waals surface area contributed by atoms with Crippen molar-refractivity contribution in [2.24, 2.45) is 5.41 Å². The van der Waals surface area contributed by atoms with Gasteiger partial charge in [-0.1, -0.05) is 13.8 Å². The molecule has 0 fully saturated rings. The van der Waals surface area contributed by atoms with Crippen LogP contribution in [-0.2, 0) is 11.3 Å². The number of hydrogen-bond donors (Lipinski definition) is 0. The second-order valence-electron chi connectivity index (χ2n) is 5.78. The highest BCUT2D eigenvalue weighted by Gasteiger charge is 2.25. The van der Waals surface area contributed by atoms with Gasteiger partial charge < -0.3 is 14.2 Å². The first-order valence-electron chi connectivity index (χ1n) is 6.48. The molecule has 0 amide bonds. The Morgan fingerprint density at radius 1 is 1.37 bits per heavy atom. The lowest BCUT2D eigenvalue weighted by Gasteiger charge is -2.29. The van der Waals surface area contributed by atoms with Gasteiger partial charge in [0.25, 0.3) is 0 Å². The maximum atomic E-state index is 11.8. The summed E-state index contributed by atoms with van der Waals surface area (Å²) in [5, 5.41) is 7.90. The summed E-state index contributed by atoms with van der Waals surface area (Å²) in [5.74, 6) is 0.602. The van der Waals surface area contributed by atoms with Gasteiger partial charge in [0.05, 0.1) is 6.61 Å². The van der Waals surface area contributed by atoms with E-state index < -0.39 is 5.97 Å². The Labute approximate surface area is 114 Å². The highest BCUT2D eigenvalue weighted by atomic mass is 16.5. The molecule has 0 spiro atoms. The number of carbonyl (C=O) groups is 1. The van der Waals surface area contributed by atoms with Crippen LogP contribution in [0.5, 0.6) is 0 Å². The molecule has 108 valence electrons. The lowest BCUT2D eigenvalue weighted by Crippen LogP contribution is -2.33. The van der Waals surface area contributed by atoms with E-state index >= 15 is 0 Å². The molecule has 1 aromatic rings. The molecular weight excluding hydrogens is 244 g/mol. The summed E-state index contributed by atoms with van der Waals surface area (Å²) in [6, 6.07) is 0. The van der Waals surface area contributed by atoms with Crippen LogP contribution >= 0.6 is 0 Å². The van der Waals surface area contributed by atoms with Crippen LogP contribution in [0.1, 0.15) is 37.2 Å². The smallest absolute Gasteiger partial charge is 0.376 e. The van der Waals surface area contributed by atoms with Crippen molar-refractivity contribution in [3.63, 3.8) is 0 Å². The van der Waals surface area contributed by atoms with Crippen molar-refractivity contribution in [1.82, 2.24) is 19.7 Å². The van der Waals surface area contributed by atoms with Gasteiger partial charge in [-0.3, -0.25) is 0 Å². The van der Waals surface area contributed by atoms with E-state index in [1.807, 2.05) is 25.6 Å². The highest BCUT2D eigenvalue weighted by Crippen LogP contribution is 2.20. The Morgan fingerprint density at radius 2 is 2.00 bits per heavy atom. The molecule has 0 N–H and O–H groups in total. The summed E-state index contributed by atoms with van der Waals surface area (Å²) in [6.07, 6.45) is 0. The Bertz CT molecular complexity index is 438. The average molecular weight is 268 g/mol. The topological polar surface area (TPSA) is 60.2 Å². The molecule has 1 heterocycles. The third-order valence-electron chi connectivity index (χ3n) is 2.72. The van der Waals surface area contributed by atoms with Gasteiger partial charge in [-0.25, -0.2) is 4.79 Å². The van der Waals surface area contributed by atoms with Crippen molar-refractivity contribution in [2.75, 3.05) is 27.2 Å². The molecule has 0 radical (unpaired) electrons. The fourth-order valence-corrected chi connectivity index (χ4v) is 2.25. The first-order chi connectivity index (χ1) is 8.76. The first kappa shape index (κ1) is 15.6. The van der Waals surface area contributed by atoms with E-state index in [0.29, 0.717) is 13.2 Å². The third-order valence-corrected chi connectivity index (χ3v) is 2.72. The van der Waals surface area contributed by atoms with Gasteiger partial charge in [-0.2, -0.15) is 0 Å². The molecule has 0 atom stereocenters. The van der Waals surface area contributed by atoms with E-state index in [-0.39, 0.29) is 11.2 Å². The Hall–Kier alpha value is -1.43. The van der Waals surface area contributed by atoms with Crippen LogP contribution < -0.4 is 0 Å². The van der Waals surface area contributed by atoms with E-state index in [2.05, 4.69) is 28.9 Å². The van der Waals surface area contributed by atoms with Gasteiger partial charge in [0, 0.05) is 13.1 Å². The van der Waals surface area contributed by atoms with Gasteiger partial charge in [-0.15, -0.1) is 10.2 Å². The molecule has 6 heteroatoms. The number of carbonyl (C=O) groups excluding carboxylic acids is 1. The Balaban J connectivity index is 2.94. The zero-order valence-electron chi connectivity index (χ0n) is 12.7. The molecule has 0 aliphatic rings. The van der Waals surface area contributed by atoms with E-state index in [0.717, 1.165) is 12.4 Å². The number of aromatic nitrogens is 3. The number of rotatable bonds is 6. The minimum atomic E-state index is -0.413. The van der Waals surface area contributed by atoms with Crippen molar-refractivity contribution in [1.29, 1.82) is 0 Å². The maximum absolute atomic E-state index is 11.8. The van der Waals surface area contributed by atoms with Crippen LogP contribution in [-0.4, -0.2) is 52.9 Å². The van der Waals surface area contributed by atoms with Gasteiger partial charge >= 0.3 is 5.97 Å². The van der Waals surface area contributed by atoms with Crippen LogP contribution in [0.25, 0.3) is 0 Å². The molecule has 0 saturated heterocycles. The summed E-state index contributed by atoms with van der Waals surface area (Å²) in [6.45, 7) is 9.86. The largest absolute Gasteiger partial charge is 0.460 e. The zero-order valence-corrected chi connectivity index (χ0v) is 12.7. The van der Waals surface area contributed by atoms with E-state index in [1.165, 1.54) is 0 Å². The Morgan fingerprint density at radius 3 is 2.53 bits per heavy atom. The highest BCUT2D eigenvalue weighted by molar-refractivity contribution is 5.85. The van der Waals surface area contributed by atoms with Gasteiger partial charge in [-0.05, 0) is 33.4 Å². The van der Waals surface area contributed by atoms with E-state index in [9.17, 15) is 4.79 Å². The first-order valence-corrected chi connectivity index (χ1v) is 6.48. The summed E-state index contributed by atoms with van der Waals surface area (Å²) >= 11 is 0. The monoisotopic (exact) mass is 268 g/mol. The van der Waals surface area contributed by atoms with Crippen molar-refractivity contribution in [3.05, 3.63) is 11.6 Å². The SMILES string of the molecule is CCOC(=O)c1nnc(C)n1CC(C)(C)CN(C)C. The summed E-state index contributed by atoms with van der Waals surface area (Å²) in [5.41, 5.74) is 0.0118. The molecular formula is C13H24N4O2. The van der Waals surface area contributed by atoms with Crippen LogP contribution in [0.15, 0.2) is 0 Å². The van der Waals surface area contributed by atoms with Gasteiger partial charge in [0.1, 0.15) is 5.82 Å². The lowest BCUT2D eigenvalue weighted by molar-refractivity contribution is 0.0501. The normalized spacial score (nSPS) is 11.9. The number of aryl methyl sites for hydroxylation is 1. The van der Waals surface area contributed by atoms with Crippen molar-refractivity contribution in [2.45, 2.75) is 34.2 Å². The average Bonchev–Trinajstić information content (AvgIpc) is 2.58. The standard InChI is InChI=1S/C13H24N4O2/c1-7-19-12(18)11-15-14-10(2)17(11)9-13(3,4)8-16(5)6/h7-9H2,1-6H3. The molecule has 0 aliphatic heterocycles. The van der Waals surface area contributed by atoms with Crippen molar-refractivity contribution in [3.8, 4) is 0 Å². The molecule has 0 bridgehead atoms. The maximum Gasteiger partial charge on any atom is 0.376 e. The molecule has 19 heavy (non-hydrogen) atoms. The summed E-state index contributed by atoms with van der Waals surface area (Å²) in [7, 11) is 4.07. The van der Waals surface area contributed by atoms with Gasteiger partial charge in [0.15, 0.2) is 0 Å². The number of nitrogens with zero attached hydrogens (tertiary/aromatic N) is 4.